The van der Waals surface area contributed by atoms with E-state index in [1.54, 1.807) is 12.1 Å². The maximum atomic E-state index is 12.3. The molecule has 3 aromatic rings. The number of ether oxygens (including phenoxy) is 2. The van der Waals surface area contributed by atoms with E-state index in [-0.39, 0.29) is 5.91 Å². The van der Waals surface area contributed by atoms with Crippen LogP contribution in [0.15, 0.2) is 41.8 Å². The predicted molar refractivity (Wildman–Crippen MR) is 95.5 cm³/mol. The van der Waals surface area contributed by atoms with Crippen molar-refractivity contribution in [3.05, 3.63) is 53.2 Å². The van der Waals surface area contributed by atoms with Crippen LogP contribution in [0.2, 0.25) is 0 Å². The number of carbonyl (C=O) groups excluding carboxylic acids is 1. The van der Waals surface area contributed by atoms with Gasteiger partial charge in [-0.05, 0) is 37.3 Å². The molecule has 25 heavy (non-hydrogen) atoms. The smallest absolute Gasteiger partial charge is 0.276 e. The summed E-state index contributed by atoms with van der Waals surface area (Å²) < 4.78 is 11.1. The van der Waals surface area contributed by atoms with E-state index in [1.165, 1.54) is 11.3 Å². The quantitative estimate of drug-likeness (QED) is 0.780. The van der Waals surface area contributed by atoms with Gasteiger partial charge in [-0.2, -0.15) is 0 Å². The molecule has 0 spiro atoms. The maximum Gasteiger partial charge on any atom is 0.276 e. The second-order valence-corrected chi connectivity index (χ2v) is 6.37. The molecule has 6 nitrogen and oxygen atoms in total. The zero-order valence-electron chi connectivity index (χ0n) is 13.5. The van der Waals surface area contributed by atoms with Gasteiger partial charge in [0.05, 0.1) is 5.69 Å². The Bertz CT molecular complexity index is 939. The van der Waals surface area contributed by atoms with E-state index in [1.807, 2.05) is 36.6 Å². The monoisotopic (exact) mass is 353 g/mol. The van der Waals surface area contributed by atoms with E-state index in [2.05, 4.69) is 15.3 Å². The molecule has 0 fully saturated rings. The van der Waals surface area contributed by atoms with E-state index in [0.717, 1.165) is 22.7 Å². The SMILES string of the molecule is Cc1cccc(C(=O)Nc2nc(-c3ccc4c(c3)OCCO4)cs2)n1. The van der Waals surface area contributed by atoms with Crippen molar-refractivity contribution >= 4 is 22.4 Å². The number of hydrogen-bond donors (Lipinski definition) is 1. The molecule has 0 radical (unpaired) electrons. The van der Waals surface area contributed by atoms with Crippen LogP contribution >= 0.6 is 11.3 Å². The van der Waals surface area contributed by atoms with Crippen LogP contribution in [0.1, 0.15) is 16.2 Å². The van der Waals surface area contributed by atoms with Gasteiger partial charge in [0.25, 0.3) is 5.91 Å². The molecule has 1 amide bonds. The molecule has 0 bridgehead atoms. The summed E-state index contributed by atoms with van der Waals surface area (Å²) in [5.41, 5.74) is 2.85. The van der Waals surface area contributed by atoms with Crippen LogP contribution in [0, 0.1) is 6.92 Å². The van der Waals surface area contributed by atoms with Crippen molar-refractivity contribution in [2.24, 2.45) is 0 Å². The van der Waals surface area contributed by atoms with E-state index < -0.39 is 0 Å². The number of pyridine rings is 1. The minimum absolute atomic E-state index is 0.272. The summed E-state index contributed by atoms with van der Waals surface area (Å²) in [4.78, 5) is 21.0. The number of nitrogens with zero attached hydrogens (tertiary/aromatic N) is 2. The number of thiazole rings is 1. The summed E-state index contributed by atoms with van der Waals surface area (Å²) in [6, 6.07) is 11.0. The van der Waals surface area contributed by atoms with Crippen molar-refractivity contribution in [1.82, 2.24) is 9.97 Å². The number of carbonyl (C=O) groups is 1. The molecule has 1 aliphatic rings. The Morgan fingerprint density at radius 3 is 2.80 bits per heavy atom. The van der Waals surface area contributed by atoms with Gasteiger partial charge < -0.3 is 9.47 Å². The second-order valence-electron chi connectivity index (χ2n) is 5.51. The van der Waals surface area contributed by atoms with Gasteiger partial charge in [0, 0.05) is 16.6 Å². The number of hydrogen-bond acceptors (Lipinski definition) is 6. The number of aryl methyl sites for hydroxylation is 1. The highest BCUT2D eigenvalue weighted by Crippen LogP contribution is 2.35. The molecule has 0 saturated heterocycles. The van der Waals surface area contributed by atoms with Gasteiger partial charge >= 0.3 is 0 Å². The molecular weight excluding hydrogens is 338 g/mol. The van der Waals surface area contributed by atoms with Crippen molar-refractivity contribution in [1.29, 1.82) is 0 Å². The molecule has 0 unspecified atom stereocenters. The third kappa shape index (κ3) is 3.32. The number of anilines is 1. The standard InChI is InChI=1S/C18H15N3O3S/c1-11-3-2-4-13(19-11)17(22)21-18-20-14(10-25-18)12-5-6-15-16(9-12)24-8-7-23-15/h2-6,9-10H,7-8H2,1H3,(H,20,21,22). The highest BCUT2D eigenvalue weighted by Gasteiger charge is 2.15. The molecule has 3 heterocycles. The third-order valence-corrected chi connectivity index (χ3v) is 4.44. The Morgan fingerprint density at radius 1 is 1.12 bits per heavy atom. The number of fused-ring (bicyclic) bond motifs is 1. The van der Waals surface area contributed by atoms with Crippen molar-refractivity contribution in [3.63, 3.8) is 0 Å². The molecule has 0 atom stereocenters. The van der Waals surface area contributed by atoms with Crippen LogP contribution in [0.4, 0.5) is 5.13 Å². The van der Waals surface area contributed by atoms with Crippen LogP contribution in [0.3, 0.4) is 0 Å². The molecule has 1 aromatic carbocycles. The van der Waals surface area contributed by atoms with E-state index in [4.69, 9.17) is 9.47 Å². The summed E-state index contributed by atoms with van der Waals surface area (Å²) >= 11 is 1.37. The zero-order chi connectivity index (χ0) is 17.2. The lowest BCUT2D eigenvalue weighted by Crippen LogP contribution is -2.15. The Morgan fingerprint density at radius 2 is 1.96 bits per heavy atom. The first-order valence-corrected chi connectivity index (χ1v) is 8.67. The second kappa shape index (κ2) is 6.52. The molecule has 0 aliphatic carbocycles. The normalized spacial score (nSPS) is 12.7. The number of amides is 1. The number of rotatable bonds is 3. The zero-order valence-corrected chi connectivity index (χ0v) is 14.3. The molecule has 1 aliphatic heterocycles. The van der Waals surface area contributed by atoms with Crippen LogP contribution in [0.25, 0.3) is 11.3 Å². The fourth-order valence-corrected chi connectivity index (χ4v) is 3.21. The first-order chi connectivity index (χ1) is 12.2. The topological polar surface area (TPSA) is 73.3 Å². The summed E-state index contributed by atoms with van der Waals surface area (Å²) in [6.07, 6.45) is 0. The molecule has 126 valence electrons. The molecule has 4 rings (SSSR count). The van der Waals surface area contributed by atoms with Gasteiger partial charge in [0.15, 0.2) is 16.6 Å². The molecular formula is C18H15N3O3S. The maximum absolute atomic E-state index is 12.3. The highest BCUT2D eigenvalue weighted by molar-refractivity contribution is 7.14. The number of benzene rings is 1. The van der Waals surface area contributed by atoms with Crippen molar-refractivity contribution in [3.8, 4) is 22.8 Å². The Balaban J connectivity index is 1.53. The Kier molecular flexibility index (Phi) is 4.07. The summed E-state index contributed by atoms with van der Waals surface area (Å²) in [7, 11) is 0. The fourth-order valence-electron chi connectivity index (χ4n) is 2.50. The fraction of sp³-hybridized carbons (Fsp3) is 0.167. The third-order valence-electron chi connectivity index (χ3n) is 3.68. The van der Waals surface area contributed by atoms with Crippen molar-refractivity contribution in [2.45, 2.75) is 6.92 Å². The largest absolute Gasteiger partial charge is 0.486 e. The lowest BCUT2D eigenvalue weighted by molar-refractivity contribution is 0.102. The average molecular weight is 353 g/mol. The van der Waals surface area contributed by atoms with Crippen LogP contribution in [-0.2, 0) is 0 Å². The Labute approximate surface area is 148 Å². The lowest BCUT2D eigenvalue weighted by atomic mass is 10.1. The number of nitrogens with one attached hydrogen (secondary N) is 1. The number of aromatic nitrogens is 2. The van der Waals surface area contributed by atoms with Gasteiger partial charge in [-0.15, -0.1) is 11.3 Å². The van der Waals surface area contributed by atoms with E-state index in [0.29, 0.717) is 29.8 Å². The van der Waals surface area contributed by atoms with Crippen molar-refractivity contribution < 1.29 is 14.3 Å². The molecule has 7 heteroatoms. The summed E-state index contributed by atoms with van der Waals surface area (Å²) in [5, 5.41) is 5.21. The van der Waals surface area contributed by atoms with Gasteiger partial charge in [0.1, 0.15) is 18.9 Å². The van der Waals surface area contributed by atoms with E-state index in [9.17, 15) is 4.79 Å². The van der Waals surface area contributed by atoms with Gasteiger partial charge in [-0.3, -0.25) is 10.1 Å². The first kappa shape index (κ1) is 15.6. The molecule has 1 N–H and O–H groups in total. The minimum atomic E-state index is -0.272. The average Bonchev–Trinajstić information content (AvgIpc) is 3.10. The Hall–Kier alpha value is -2.93. The van der Waals surface area contributed by atoms with Crippen molar-refractivity contribution in [2.75, 3.05) is 18.5 Å². The lowest BCUT2D eigenvalue weighted by Gasteiger charge is -2.18. The summed E-state index contributed by atoms with van der Waals surface area (Å²) in [6.45, 7) is 2.95. The minimum Gasteiger partial charge on any atom is -0.486 e. The van der Waals surface area contributed by atoms with Gasteiger partial charge in [0.2, 0.25) is 0 Å². The van der Waals surface area contributed by atoms with Gasteiger partial charge in [-0.25, -0.2) is 9.97 Å². The van der Waals surface area contributed by atoms with Crippen LogP contribution in [0.5, 0.6) is 11.5 Å². The van der Waals surface area contributed by atoms with Crippen LogP contribution < -0.4 is 14.8 Å². The molecule has 2 aromatic heterocycles. The molecule has 0 saturated carbocycles. The highest BCUT2D eigenvalue weighted by atomic mass is 32.1. The first-order valence-electron chi connectivity index (χ1n) is 7.79. The van der Waals surface area contributed by atoms with E-state index >= 15 is 0 Å². The van der Waals surface area contributed by atoms with Gasteiger partial charge in [-0.1, -0.05) is 6.07 Å². The predicted octanol–water partition coefficient (Wildman–Crippen LogP) is 3.54. The summed E-state index contributed by atoms with van der Waals surface area (Å²) in [5.74, 6) is 1.18. The van der Waals surface area contributed by atoms with Crippen LogP contribution in [-0.4, -0.2) is 29.1 Å².